The van der Waals surface area contributed by atoms with Crippen molar-refractivity contribution in [2.24, 2.45) is 0 Å². The highest BCUT2D eigenvalue weighted by Gasteiger charge is 2.34. The van der Waals surface area contributed by atoms with E-state index in [1.807, 2.05) is 0 Å². The molecule has 1 aliphatic rings. The molecular formula is C26H29F4N7O2. The number of ether oxygens (including phenoxy) is 1. The second kappa shape index (κ2) is 10.6. The SMILES string of the molecule is CC(C)(C)OC(=O)N1CCC[C@H](n2nc(-c3cnn(Cc4cc(F)ccc4C(F)(F)F)c3)c(C#N)c2N)CC1. The highest BCUT2D eigenvalue weighted by Crippen LogP contribution is 2.34. The van der Waals surface area contributed by atoms with Gasteiger partial charge in [-0.25, -0.2) is 13.9 Å². The number of amides is 1. The highest BCUT2D eigenvalue weighted by molar-refractivity contribution is 5.72. The molecular weight excluding hydrogens is 518 g/mol. The number of aromatic nitrogens is 4. The highest BCUT2D eigenvalue weighted by atomic mass is 19.4. The number of likely N-dealkylation sites (tertiary alicyclic amines) is 1. The molecule has 1 saturated heterocycles. The molecule has 1 atom stereocenters. The summed E-state index contributed by atoms with van der Waals surface area (Å²) >= 11 is 0. The van der Waals surface area contributed by atoms with E-state index in [0.717, 1.165) is 12.1 Å². The Morgan fingerprint density at radius 1 is 1.23 bits per heavy atom. The summed E-state index contributed by atoms with van der Waals surface area (Å²) in [4.78, 5) is 14.2. The molecule has 0 aliphatic carbocycles. The summed E-state index contributed by atoms with van der Waals surface area (Å²) in [6, 6.07) is 4.15. The van der Waals surface area contributed by atoms with Gasteiger partial charge in [-0.1, -0.05) is 0 Å². The van der Waals surface area contributed by atoms with Crippen LogP contribution in [0.3, 0.4) is 0 Å². The van der Waals surface area contributed by atoms with Gasteiger partial charge < -0.3 is 15.4 Å². The fraction of sp³-hybridized carbons (Fsp3) is 0.462. The largest absolute Gasteiger partial charge is 0.444 e. The second-order valence-corrected chi connectivity index (χ2v) is 10.4. The number of benzene rings is 1. The molecule has 1 fully saturated rings. The number of anilines is 1. The molecule has 208 valence electrons. The Balaban J connectivity index is 1.56. The van der Waals surface area contributed by atoms with Crippen molar-refractivity contribution in [2.75, 3.05) is 18.8 Å². The Labute approximate surface area is 222 Å². The van der Waals surface area contributed by atoms with E-state index in [9.17, 15) is 27.6 Å². The van der Waals surface area contributed by atoms with E-state index in [4.69, 9.17) is 10.5 Å². The van der Waals surface area contributed by atoms with E-state index in [-0.39, 0.29) is 35.2 Å². The molecule has 1 amide bonds. The predicted molar refractivity (Wildman–Crippen MR) is 134 cm³/mol. The van der Waals surface area contributed by atoms with Gasteiger partial charge in [0.2, 0.25) is 0 Å². The maximum Gasteiger partial charge on any atom is 0.416 e. The molecule has 9 nitrogen and oxygen atoms in total. The van der Waals surface area contributed by atoms with Crippen LogP contribution in [-0.2, 0) is 17.5 Å². The van der Waals surface area contributed by atoms with E-state index < -0.39 is 29.3 Å². The lowest BCUT2D eigenvalue weighted by Crippen LogP contribution is -2.37. The van der Waals surface area contributed by atoms with E-state index in [1.165, 1.54) is 17.1 Å². The lowest BCUT2D eigenvalue weighted by Gasteiger charge is -2.26. The average molecular weight is 548 g/mol. The minimum absolute atomic E-state index is 0.115. The van der Waals surface area contributed by atoms with E-state index >= 15 is 0 Å². The van der Waals surface area contributed by atoms with Crippen molar-refractivity contribution < 1.29 is 27.1 Å². The lowest BCUT2D eigenvalue weighted by molar-refractivity contribution is -0.138. The van der Waals surface area contributed by atoms with Gasteiger partial charge in [0.05, 0.1) is 24.3 Å². The average Bonchev–Trinajstić information content (AvgIpc) is 3.32. The minimum Gasteiger partial charge on any atom is -0.444 e. The molecule has 0 bridgehead atoms. The van der Waals surface area contributed by atoms with E-state index in [2.05, 4.69) is 16.3 Å². The first-order valence-electron chi connectivity index (χ1n) is 12.4. The van der Waals surface area contributed by atoms with Crippen LogP contribution in [0.1, 0.15) is 62.8 Å². The van der Waals surface area contributed by atoms with Crippen molar-refractivity contribution >= 4 is 11.9 Å². The third-order valence-electron chi connectivity index (χ3n) is 6.37. The van der Waals surface area contributed by atoms with Crippen molar-refractivity contribution in [3.63, 3.8) is 0 Å². The van der Waals surface area contributed by atoms with Gasteiger partial charge in [-0.3, -0.25) is 4.68 Å². The molecule has 0 radical (unpaired) electrons. The number of nitriles is 1. The van der Waals surface area contributed by atoms with Crippen LogP contribution in [0.2, 0.25) is 0 Å². The summed E-state index contributed by atoms with van der Waals surface area (Å²) in [5, 5.41) is 18.5. The molecule has 3 aromatic rings. The first kappa shape index (κ1) is 27.9. The summed E-state index contributed by atoms with van der Waals surface area (Å²) in [6.45, 7) is 6.00. The number of rotatable bonds is 4. The first-order chi connectivity index (χ1) is 18.3. The van der Waals surface area contributed by atoms with Crippen molar-refractivity contribution in [1.82, 2.24) is 24.5 Å². The number of carbonyl (C=O) groups excluding carboxylic acids is 1. The zero-order chi connectivity index (χ0) is 28.5. The van der Waals surface area contributed by atoms with Crippen LogP contribution >= 0.6 is 0 Å². The summed E-state index contributed by atoms with van der Waals surface area (Å²) in [6.07, 6.45) is -0.366. The van der Waals surface area contributed by atoms with Gasteiger partial charge in [-0.05, 0) is 63.8 Å². The number of hydrogen-bond donors (Lipinski definition) is 1. The fourth-order valence-corrected chi connectivity index (χ4v) is 4.59. The quantitative estimate of drug-likeness (QED) is 0.439. The van der Waals surface area contributed by atoms with Gasteiger partial charge in [-0.15, -0.1) is 0 Å². The number of halogens is 4. The molecule has 39 heavy (non-hydrogen) atoms. The lowest BCUT2D eigenvalue weighted by atomic mass is 10.1. The summed E-state index contributed by atoms with van der Waals surface area (Å²) in [5.41, 5.74) is 5.19. The zero-order valence-electron chi connectivity index (χ0n) is 21.8. The second-order valence-electron chi connectivity index (χ2n) is 10.4. The smallest absolute Gasteiger partial charge is 0.416 e. The summed E-state index contributed by atoms with van der Waals surface area (Å²) in [7, 11) is 0. The molecule has 1 aliphatic heterocycles. The van der Waals surface area contributed by atoms with Crippen molar-refractivity contribution in [3.05, 3.63) is 53.1 Å². The number of nitrogens with zero attached hydrogens (tertiary/aromatic N) is 6. The van der Waals surface area contributed by atoms with Crippen LogP contribution in [0.15, 0.2) is 30.6 Å². The van der Waals surface area contributed by atoms with Crippen LogP contribution in [-0.4, -0.2) is 49.2 Å². The summed E-state index contributed by atoms with van der Waals surface area (Å²) in [5.74, 6) is -0.641. The Kier molecular flexibility index (Phi) is 7.59. The van der Waals surface area contributed by atoms with Crippen LogP contribution in [0.5, 0.6) is 0 Å². The number of nitrogens with two attached hydrogens (primary N) is 1. The molecule has 1 aromatic carbocycles. The number of alkyl halides is 3. The molecule has 0 saturated carbocycles. The van der Waals surface area contributed by atoms with Gasteiger partial charge in [0.25, 0.3) is 0 Å². The van der Waals surface area contributed by atoms with Crippen molar-refractivity contribution in [3.8, 4) is 17.3 Å². The van der Waals surface area contributed by atoms with Gasteiger partial charge in [0.1, 0.15) is 34.6 Å². The fourth-order valence-electron chi connectivity index (χ4n) is 4.59. The van der Waals surface area contributed by atoms with Crippen LogP contribution < -0.4 is 5.73 Å². The molecule has 4 rings (SSSR count). The van der Waals surface area contributed by atoms with Gasteiger partial charge in [0, 0.05) is 24.8 Å². The first-order valence-corrected chi connectivity index (χ1v) is 12.4. The summed E-state index contributed by atoms with van der Waals surface area (Å²) < 4.78 is 62.2. The maximum atomic E-state index is 13.7. The van der Waals surface area contributed by atoms with Gasteiger partial charge in [0.15, 0.2) is 0 Å². The third-order valence-corrected chi connectivity index (χ3v) is 6.37. The molecule has 3 heterocycles. The Morgan fingerprint density at radius 3 is 2.64 bits per heavy atom. The predicted octanol–water partition coefficient (Wildman–Crippen LogP) is 5.37. The monoisotopic (exact) mass is 547 g/mol. The van der Waals surface area contributed by atoms with Crippen molar-refractivity contribution in [2.45, 2.75) is 64.4 Å². The third kappa shape index (κ3) is 6.32. The van der Waals surface area contributed by atoms with Crippen LogP contribution in [0.25, 0.3) is 11.3 Å². The zero-order valence-corrected chi connectivity index (χ0v) is 21.8. The molecule has 2 aromatic heterocycles. The van der Waals surface area contributed by atoms with Crippen molar-refractivity contribution in [1.29, 1.82) is 5.26 Å². The standard InChI is InChI=1S/C26H29F4N7O2/c1-25(2,3)39-24(38)35-9-4-5-19(8-10-35)37-23(32)20(12-31)22(34-37)17-13-33-36(15-17)14-16-11-18(27)6-7-21(16)26(28,29)30/h6-7,11,13,15,19H,4-5,8-10,14,32H2,1-3H3/t19-/m0/s1. The number of hydrogen-bond acceptors (Lipinski definition) is 6. The molecule has 13 heteroatoms. The number of carbonyl (C=O) groups is 1. The van der Waals surface area contributed by atoms with E-state index in [1.54, 1.807) is 30.4 Å². The minimum atomic E-state index is -4.65. The molecule has 2 N–H and O–H groups in total. The Morgan fingerprint density at radius 2 is 1.97 bits per heavy atom. The van der Waals surface area contributed by atoms with Crippen LogP contribution in [0.4, 0.5) is 28.2 Å². The van der Waals surface area contributed by atoms with E-state index in [0.29, 0.717) is 44.0 Å². The number of nitrogen functional groups attached to an aromatic ring is 1. The Bertz CT molecular complexity index is 1400. The van der Waals surface area contributed by atoms with Gasteiger partial charge in [-0.2, -0.15) is 28.6 Å². The topological polar surface area (TPSA) is 115 Å². The maximum absolute atomic E-state index is 13.7. The van der Waals surface area contributed by atoms with Crippen LogP contribution in [0, 0.1) is 17.1 Å². The molecule has 0 unspecified atom stereocenters. The van der Waals surface area contributed by atoms with Gasteiger partial charge >= 0.3 is 12.3 Å². The normalized spacial score (nSPS) is 16.6. The molecule has 0 spiro atoms. The Hall–Kier alpha value is -4.08.